The molecule has 0 radical (unpaired) electrons. The van der Waals surface area contributed by atoms with Crippen molar-refractivity contribution in [2.75, 3.05) is 0 Å². The van der Waals surface area contributed by atoms with Crippen LogP contribution in [0.2, 0.25) is 0 Å². The molecule has 82 valence electrons. The van der Waals surface area contributed by atoms with Gasteiger partial charge in [-0.3, -0.25) is 4.79 Å². The van der Waals surface area contributed by atoms with Crippen molar-refractivity contribution in [3.05, 3.63) is 36.4 Å². The third-order valence-electron chi connectivity index (χ3n) is 2.15. The van der Waals surface area contributed by atoms with E-state index in [1.54, 1.807) is 17.8 Å². The molecule has 0 aliphatic heterocycles. The molecule has 0 atom stereocenters. The van der Waals surface area contributed by atoms with Gasteiger partial charge < -0.3 is 4.74 Å². The number of carbonyl (C=O) groups excluding carboxylic acids is 1. The van der Waals surface area contributed by atoms with Crippen molar-refractivity contribution in [1.29, 1.82) is 0 Å². The molecule has 0 fully saturated rings. The number of hydrogen-bond acceptors (Lipinski definition) is 3. The van der Waals surface area contributed by atoms with E-state index in [0.29, 0.717) is 5.88 Å². The second-order valence-electron chi connectivity index (χ2n) is 3.45. The zero-order valence-electron chi connectivity index (χ0n) is 9.18. The topological polar surface area (TPSA) is 44.1 Å². The van der Waals surface area contributed by atoms with E-state index in [2.05, 4.69) is 5.10 Å². The molecule has 1 aromatic heterocycles. The quantitative estimate of drug-likeness (QED) is 0.721. The number of aryl methyl sites for hydroxylation is 1. The summed E-state index contributed by atoms with van der Waals surface area (Å²) in [6.07, 6.45) is 0. The summed E-state index contributed by atoms with van der Waals surface area (Å²) in [4.78, 5) is 10.8. The zero-order chi connectivity index (χ0) is 11.5. The molecule has 0 aliphatic carbocycles. The van der Waals surface area contributed by atoms with Gasteiger partial charge in [0.05, 0.1) is 5.69 Å². The lowest BCUT2D eigenvalue weighted by atomic mass is 10.2. The first-order valence-corrected chi connectivity index (χ1v) is 4.94. The molecule has 4 heteroatoms. The van der Waals surface area contributed by atoms with Gasteiger partial charge in [0.1, 0.15) is 0 Å². The van der Waals surface area contributed by atoms with Crippen molar-refractivity contribution in [3.8, 4) is 17.1 Å². The molecule has 16 heavy (non-hydrogen) atoms. The monoisotopic (exact) mass is 216 g/mol. The van der Waals surface area contributed by atoms with Crippen LogP contribution in [0.4, 0.5) is 0 Å². The smallest absolute Gasteiger partial charge is 0.309 e. The molecule has 0 amide bonds. The molecule has 0 saturated carbocycles. The average molecular weight is 216 g/mol. The number of benzene rings is 1. The largest absolute Gasteiger partial charge is 0.408 e. The van der Waals surface area contributed by atoms with Gasteiger partial charge in [0.25, 0.3) is 0 Å². The lowest BCUT2D eigenvalue weighted by Gasteiger charge is -1.98. The van der Waals surface area contributed by atoms with Gasteiger partial charge in [0.15, 0.2) is 0 Å². The highest BCUT2D eigenvalue weighted by Gasteiger charge is 2.09. The van der Waals surface area contributed by atoms with Gasteiger partial charge in [0.2, 0.25) is 5.88 Å². The lowest BCUT2D eigenvalue weighted by molar-refractivity contribution is -0.132. The van der Waals surface area contributed by atoms with Crippen molar-refractivity contribution in [2.45, 2.75) is 6.92 Å². The molecule has 0 saturated heterocycles. The maximum Gasteiger partial charge on any atom is 0.309 e. The molecular formula is C12H12N2O2. The van der Waals surface area contributed by atoms with Gasteiger partial charge >= 0.3 is 5.97 Å². The first-order chi connectivity index (χ1) is 7.66. The van der Waals surface area contributed by atoms with Crippen LogP contribution in [0.15, 0.2) is 36.4 Å². The Morgan fingerprint density at radius 2 is 2.00 bits per heavy atom. The van der Waals surface area contributed by atoms with Gasteiger partial charge in [-0.1, -0.05) is 30.3 Å². The van der Waals surface area contributed by atoms with Gasteiger partial charge in [-0.05, 0) is 0 Å². The van der Waals surface area contributed by atoms with Gasteiger partial charge in [0, 0.05) is 25.6 Å². The molecule has 0 N–H and O–H groups in total. The Labute approximate surface area is 93.5 Å². The van der Waals surface area contributed by atoms with E-state index in [1.165, 1.54) is 6.92 Å². The van der Waals surface area contributed by atoms with E-state index in [-0.39, 0.29) is 5.97 Å². The van der Waals surface area contributed by atoms with E-state index in [0.717, 1.165) is 11.3 Å². The van der Waals surface area contributed by atoms with Crippen LogP contribution in [0.3, 0.4) is 0 Å². The number of rotatable bonds is 2. The molecule has 4 nitrogen and oxygen atoms in total. The Morgan fingerprint density at radius 3 is 2.62 bits per heavy atom. The number of carbonyl (C=O) groups is 1. The fraction of sp³-hybridized carbons (Fsp3) is 0.167. The molecule has 1 aromatic carbocycles. The molecule has 2 rings (SSSR count). The summed E-state index contributed by atoms with van der Waals surface area (Å²) in [7, 11) is 1.74. The van der Waals surface area contributed by atoms with E-state index in [4.69, 9.17) is 4.74 Å². The summed E-state index contributed by atoms with van der Waals surface area (Å²) >= 11 is 0. The van der Waals surface area contributed by atoms with Crippen LogP contribution >= 0.6 is 0 Å². The highest BCUT2D eigenvalue weighted by atomic mass is 16.5. The maximum atomic E-state index is 10.8. The highest BCUT2D eigenvalue weighted by molar-refractivity contribution is 5.69. The van der Waals surface area contributed by atoms with Crippen molar-refractivity contribution in [2.24, 2.45) is 7.05 Å². The Balaban J connectivity index is 2.34. The number of ether oxygens (including phenoxy) is 1. The van der Waals surface area contributed by atoms with Gasteiger partial charge in [-0.2, -0.15) is 5.10 Å². The minimum atomic E-state index is -0.345. The third kappa shape index (κ3) is 2.11. The number of esters is 1. The standard InChI is InChI=1S/C12H12N2O2/c1-9(15)16-12-8-11(13-14(12)2)10-6-4-3-5-7-10/h3-8H,1-2H3. The van der Waals surface area contributed by atoms with Crippen LogP contribution in [-0.4, -0.2) is 15.7 Å². The fourth-order valence-electron chi connectivity index (χ4n) is 1.44. The van der Waals surface area contributed by atoms with Crippen LogP contribution in [0.1, 0.15) is 6.92 Å². The maximum absolute atomic E-state index is 10.8. The normalized spacial score (nSPS) is 10.1. The molecule has 0 spiro atoms. The molecule has 0 bridgehead atoms. The summed E-state index contributed by atoms with van der Waals surface area (Å²) in [6, 6.07) is 11.5. The molecular weight excluding hydrogens is 204 g/mol. The first-order valence-electron chi connectivity index (χ1n) is 4.94. The second-order valence-corrected chi connectivity index (χ2v) is 3.45. The Morgan fingerprint density at radius 1 is 1.31 bits per heavy atom. The Hall–Kier alpha value is -2.10. The fourth-order valence-corrected chi connectivity index (χ4v) is 1.44. The summed E-state index contributed by atoms with van der Waals surface area (Å²) in [5.41, 5.74) is 1.79. The van der Waals surface area contributed by atoms with E-state index < -0.39 is 0 Å². The number of nitrogens with zero attached hydrogens (tertiary/aromatic N) is 2. The number of aromatic nitrogens is 2. The van der Waals surface area contributed by atoms with Crippen LogP contribution < -0.4 is 4.74 Å². The average Bonchev–Trinajstić information content (AvgIpc) is 2.61. The lowest BCUT2D eigenvalue weighted by Crippen LogP contribution is -2.05. The summed E-state index contributed by atoms with van der Waals surface area (Å²) < 4.78 is 6.55. The van der Waals surface area contributed by atoms with Crippen LogP contribution in [0.25, 0.3) is 11.3 Å². The van der Waals surface area contributed by atoms with Crippen LogP contribution in [-0.2, 0) is 11.8 Å². The van der Waals surface area contributed by atoms with E-state index in [9.17, 15) is 4.79 Å². The second kappa shape index (κ2) is 4.18. The van der Waals surface area contributed by atoms with E-state index in [1.807, 2.05) is 30.3 Å². The summed E-state index contributed by atoms with van der Waals surface area (Å²) in [5.74, 6) is 0.106. The van der Waals surface area contributed by atoms with Crippen molar-refractivity contribution in [1.82, 2.24) is 9.78 Å². The Kier molecular flexibility index (Phi) is 2.72. The van der Waals surface area contributed by atoms with Crippen molar-refractivity contribution in [3.63, 3.8) is 0 Å². The molecule has 1 heterocycles. The SMILES string of the molecule is CC(=O)Oc1cc(-c2ccccc2)nn1C. The predicted molar refractivity (Wildman–Crippen MR) is 60.0 cm³/mol. The Bertz CT molecular complexity index is 503. The van der Waals surface area contributed by atoms with E-state index >= 15 is 0 Å². The van der Waals surface area contributed by atoms with Crippen LogP contribution in [0.5, 0.6) is 5.88 Å². The highest BCUT2D eigenvalue weighted by Crippen LogP contribution is 2.22. The van der Waals surface area contributed by atoms with Crippen molar-refractivity contribution >= 4 is 5.97 Å². The van der Waals surface area contributed by atoms with Crippen molar-refractivity contribution < 1.29 is 9.53 Å². The molecule has 0 aliphatic rings. The summed E-state index contributed by atoms with van der Waals surface area (Å²) in [5, 5.41) is 4.27. The molecule has 2 aromatic rings. The third-order valence-corrected chi connectivity index (χ3v) is 2.15. The zero-order valence-corrected chi connectivity index (χ0v) is 9.18. The predicted octanol–water partition coefficient (Wildman–Crippen LogP) is 2.01. The first kappa shape index (κ1) is 10.4. The van der Waals surface area contributed by atoms with Gasteiger partial charge in [-0.25, -0.2) is 4.68 Å². The van der Waals surface area contributed by atoms with Gasteiger partial charge in [-0.15, -0.1) is 0 Å². The minimum Gasteiger partial charge on any atom is -0.408 e. The molecule has 0 unspecified atom stereocenters. The number of hydrogen-bond donors (Lipinski definition) is 0. The van der Waals surface area contributed by atoms with Crippen LogP contribution in [0, 0.1) is 0 Å². The minimum absolute atomic E-state index is 0.345. The summed E-state index contributed by atoms with van der Waals surface area (Å²) in [6.45, 7) is 1.37.